The van der Waals surface area contributed by atoms with Crippen LogP contribution in [0.15, 0.2) is 66.9 Å². The molecule has 160 valence electrons. The van der Waals surface area contributed by atoms with Crippen molar-refractivity contribution >= 4 is 5.82 Å². The lowest BCUT2D eigenvalue weighted by Gasteiger charge is -2.48. The fraction of sp³-hybridized carbons (Fsp3) is 0.208. The van der Waals surface area contributed by atoms with Crippen molar-refractivity contribution < 1.29 is 10.2 Å². The molecule has 32 heavy (non-hydrogen) atoms. The minimum atomic E-state index is -1.69. The molecule has 0 bridgehead atoms. The van der Waals surface area contributed by atoms with E-state index in [-0.39, 0.29) is 12.8 Å². The van der Waals surface area contributed by atoms with Crippen molar-refractivity contribution in [3.8, 4) is 28.3 Å². The highest BCUT2D eigenvalue weighted by molar-refractivity contribution is 5.79. The minimum absolute atomic E-state index is 0.113. The van der Waals surface area contributed by atoms with E-state index in [0.29, 0.717) is 12.4 Å². The monoisotopic (exact) mass is 426 g/mol. The van der Waals surface area contributed by atoms with Gasteiger partial charge in [0.25, 0.3) is 0 Å². The molecule has 8 heteroatoms. The summed E-state index contributed by atoms with van der Waals surface area (Å²) in [5, 5.41) is 27.2. The zero-order valence-electron chi connectivity index (χ0n) is 17.2. The molecule has 4 aromatic rings. The van der Waals surface area contributed by atoms with Gasteiger partial charge < -0.3 is 21.3 Å². The number of nitrogens with two attached hydrogens (primary N) is 1. The molecule has 0 spiro atoms. The second-order valence-corrected chi connectivity index (χ2v) is 8.61. The quantitative estimate of drug-likeness (QED) is 0.371. The average Bonchev–Trinajstić information content (AvgIpc) is 3.27. The molecule has 6 rings (SSSR count). The Labute approximate surface area is 184 Å². The van der Waals surface area contributed by atoms with Crippen LogP contribution in [0.25, 0.3) is 28.3 Å². The number of benzene rings is 2. The van der Waals surface area contributed by atoms with Gasteiger partial charge in [-0.3, -0.25) is 0 Å². The third-order valence-corrected chi connectivity index (χ3v) is 6.20. The third kappa shape index (κ3) is 3.00. The topological polar surface area (TPSA) is 122 Å². The molecule has 0 radical (unpaired) electrons. The van der Waals surface area contributed by atoms with Crippen molar-refractivity contribution in [2.75, 3.05) is 5.32 Å². The Hall–Kier alpha value is -3.59. The Morgan fingerprint density at radius 2 is 1.56 bits per heavy atom. The van der Waals surface area contributed by atoms with Crippen LogP contribution in [0.3, 0.4) is 0 Å². The van der Waals surface area contributed by atoms with Crippen molar-refractivity contribution in [2.24, 2.45) is 5.73 Å². The number of hydrogen-bond acceptors (Lipinski definition) is 7. The molecule has 5 N–H and O–H groups in total. The molecule has 3 heterocycles. The maximum Gasteiger partial charge on any atom is 0.179 e. The molecule has 1 saturated carbocycles. The minimum Gasteiger partial charge on any atom is -0.365 e. The van der Waals surface area contributed by atoms with E-state index in [2.05, 4.69) is 10.4 Å². The molecule has 0 saturated heterocycles. The van der Waals surface area contributed by atoms with Gasteiger partial charge in [-0.15, -0.1) is 0 Å². The predicted molar refractivity (Wildman–Crippen MR) is 120 cm³/mol. The SMILES string of the molecule is NC1(c2ccc(-c3nc4c(nc3-c3ccccc3)CNc3ccnn3-4)cc2)CC(O)(O)C1. The fourth-order valence-corrected chi connectivity index (χ4v) is 4.65. The lowest BCUT2D eigenvalue weighted by atomic mass is 9.68. The van der Waals surface area contributed by atoms with Crippen molar-refractivity contribution in [3.05, 3.63) is 78.1 Å². The van der Waals surface area contributed by atoms with Crippen molar-refractivity contribution in [2.45, 2.75) is 30.7 Å². The van der Waals surface area contributed by atoms with Gasteiger partial charge in [0.2, 0.25) is 0 Å². The first-order valence-corrected chi connectivity index (χ1v) is 10.5. The molecule has 1 aliphatic heterocycles. The Balaban J connectivity index is 1.47. The summed E-state index contributed by atoms with van der Waals surface area (Å²) in [5.74, 6) is -0.0952. The summed E-state index contributed by atoms with van der Waals surface area (Å²) < 4.78 is 1.77. The van der Waals surface area contributed by atoms with E-state index in [4.69, 9.17) is 15.7 Å². The first-order valence-electron chi connectivity index (χ1n) is 10.5. The summed E-state index contributed by atoms with van der Waals surface area (Å²) in [7, 11) is 0. The van der Waals surface area contributed by atoms with Gasteiger partial charge in [0.05, 0.1) is 29.7 Å². The highest BCUT2D eigenvalue weighted by Crippen LogP contribution is 2.45. The van der Waals surface area contributed by atoms with Gasteiger partial charge in [-0.25, -0.2) is 9.97 Å². The third-order valence-electron chi connectivity index (χ3n) is 6.20. The van der Waals surface area contributed by atoms with Crippen LogP contribution in [0, 0.1) is 0 Å². The fourth-order valence-electron chi connectivity index (χ4n) is 4.65. The number of rotatable bonds is 3. The standard InChI is InChI=1S/C24H22N6O2/c25-23(13-24(31,32)14-23)17-8-6-16(7-9-17)21-20(15-4-2-1-3-5-15)28-18-12-26-19-10-11-27-30(19)22(18)29-21/h1-11,26,31-32H,12-14,25H2. The summed E-state index contributed by atoms with van der Waals surface area (Å²) in [4.78, 5) is 9.99. The molecule has 2 aromatic heterocycles. The van der Waals surface area contributed by atoms with Crippen LogP contribution >= 0.6 is 0 Å². The van der Waals surface area contributed by atoms with Gasteiger partial charge in [-0.2, -0.15) is 9.78 Å². The van der Waals surface area contributed by atoms with Gasteiger partial charge in [0, 0.05) is 30.0 Å². The van der Waals surface area contributed by atoms with Crippen LogP contribution in [0.4, 0.5) is 5.82 Å². The largest absolute Gasteiger partial charge is 0.365 e. The van der Waals surface area contributed by atoms with E-state index in [1.165, 1.54) is 0 Å². The van der Waals surface area contributed by atoms with Crippen molar-refractivity contribution in [3.63, 3.8) is 0 Å². The van der Waals surface area contributed by atoms with E-state index in [9.17, 15) is 10.2 Å². The lowest BCUT2D eigenvalue weighted by Crippen LogP contribution is -2.59. The lowest BCUT2D eigenvalue weighted by molar-refractivity contribution is -0.244. The number of nitrogens with one attached hydrogen (secondary N) is 1. The maximum atomic E-state index is 9.72. The van der Waals surface area contributed by atoms with E-state index < -0.39 is 11.3 Å². The summed E-state index contributed by atoms with van der Waals surface area (Å²) >= 11 is 0. The van der Waals surface area contributed by atoms with E-state index in [1.54, 1.807) is 10.9 Å². The van der Waals surface area contributed by atoms with Crippen molar-refractivity contribution in [1.29, 1.82) is 0 Å². The van der Waals surface area contributed by atoms with Gasteiger partial charge >= 0.3 is 0 Å². The highest BCUT2D eigenvalue weighted by atomic mass is 16.5. The number of aromatic nitrogens is 4. The van der Waals surface area contributed by atoms with Crippen molar-refractivity contribution in [1.82, 2.24) is 19.7 Å². The molecule has 0 atom stereocenters. The molecule has 1 fully saturated rings. The Bertz CT molecular complexity index is 1310. The van der Waals surface area contributed by atoms with Crippen LogP contribution < -0.4 is 11.1 Å². The number of nitrogens with zero attached hydrogens (tertiary/aromatic N) is 4. The summed E-state index contributed by atoms with van der Waals surface area (Å²) in [6.07, 6.45) is 1.96. The molecule has 2 aromatic carbocycles. The number of hydrogen-bond donors (Lipinski definition) is 4. The zero-order chi connectivity index (χ0) is 21.9. The van der Waals surface area contributed by atoms with Crippen LogP contribution in [0.5, 0.6) is 0 Å². The molecule has 0 unspecified atom stereocenters. The molecule has 8 nitrogen and oxygen atoms in total. The molecule has 2 aliphatic rings. The van der Waals surface area contributed by atoms with E-state index >= 15 is 0 Å². The van der Waals surface area contributed by atoms with Gasteiger partial charge in [0.15, 0.2) is 11.6 Å². The first kappa shape index (κ1) is 19.1. The van der Waals surface area contributed by atoms with Crippen LogP contribution in [0.2, 0.25) is 0 Å². The first-order chi connectivity index (χ1) is 15.4. The number of aliphatic hydroxyl groups is 2. The highest BCUT2D eigenvalue weighted by Gasteiger charge is 2.51. The van der Waals surface area contributed by atoms with Gasteiger partial charge in [0.1, 0.15) is 11.5 Å². The summed E-state index contributed by atoms with van der Waals surface area (Å²) in [5.41, 5.74) is 10.8. The predicted octanol–water partition coefficient (Wildman–Crippen LogP) is 2.55. The molecular formula is C24H22N6O2. The maximum absolute atomic E-state index is 9.72. The smallest absolute Gasteiger partial charge is 0.179 e. The summed E-state index contributed by atoms with van der Waals surface area (Å²) in [6, 6.07) is 19.7. The second-order valence-electron chi connectivity index (χ2n) is 8.61. The molecule has 0 amide bonds. The van der Waals surface area contributed by atoms with Crippen LogP contribution in [-0.2, 0) is 12.1 Å². The number of fused-ring (bicyclic) bond motifs is 3. The second kappa shape index (κ2) is 6.70. The van der Waals surface area contributed by atoms with E-state index in [1.807, 2.05) is 60.7 Å². The number of anilines is 1. The average molecular weight is 426 g/mol. The van der Waals surface area contributed by atoms with Crippen LogP contribution in [-0.4, -0.2) is 35.7 Å². The van der Waals surface area contributed by atoms with Crippen LogP contribution in [0.1, 0.15) is 24.1 Å². The normalized spacial score (nSPS) is 17.6. The van der Waals surface area contributed by atoms with Gasteiger partial charge in [-0.05, 0) is 5.56 Å². The Morgan fingerprint density at radius 1 is 0.875 bits per heavy atom. The summed E-state index contributed by atoms with van der Waals surface area (Å²) in [6.45, 7) is 0.576. The Kier molecular flexibility index (Phi) is 4.00. The molecule has 1 aliphatic carbocycles. The zero-order valence-corrected chi connectivity index (χ0v) is 17.2. The molecular weight excluding hydrogens is 404 g/mol. The Morgan fingerprint density at radius 3 is 2.28 bits per heavy atom. The van der Waals surface area contributed by atoms with E-state index in [0.717, 1.165) is 39.6 Å². The van der Waals surface area contributed by atoms with Gasteiger partial charge in [-0.1, -0.05) is 54.6 Å².